The van der Waals surface area contributed by atoms with E-state index < -0.39 is 0 Å². The first-order valence-corrected chi connectivity index (χ1v) is 10.4. The fourth-order valence-electron chi connectivity index (χ4n) is 2.57. The SMILES string of the molecule is C#CCNC(=O)CSc1nnc(Cc2cccs2)n1CCc1ccccc1. The molecule has 0 bridgehead atoms. The van der Waals surface area contributed by atoms with Crippen LogP contribution in [0.5, 0.6) is 0 Å². The monoisotopic (exact) mass is 396 g/mol. The Hall–Kier alpha value is -2.56. The minimum Gasteiger partial charge on any atom is -0.344 e. The van der Waals surface area contributed by atoms with Crippen LogP contribution in [0.25, 0.3) is 0 Å². The van der Waals surface area contributed by atoms with Crippen LogP contribution in [-0.4, -0.2) is 33.0 Å². The van der Waals surface area contributed by atoms with Gasteiger partial charge in [0.15, 0.2) is 5.16 Å². The van der Waals surface area contributed by atoms with Gasteiger partial charge in [0.05, 0.1) is 12.3 Å². The molecule has 5 nitrogen and oxygen atoms in total. The quantitative estimate of drug-likeness (QED) is 0.446. The van der Waals surface area contributed by atoms with E-state index >= 15 is 0 Å². The first kappa shape index (κ1) is 19.2. The van der Waals surface area contributed by atoms with Crippen molar-refractivity contribution in [2.75, 3.05) is 12.3 Å². The molecule has 0 saturated carbocycles. The van der Waals surface area contributed by atoms with Crippen molar-refractivity contribution in [3.63, 3.8) is 0 Å². The number of thiophene rings is 1. The van der Waals surface area contributed by atoms with Crippen molar-refractivity contribution < 1.29 is 4.79 Å². The van der Waals surface area contributed by atoms with Gasteiger partial charge in [0.1, 0.15) is 5.82 Å². The molecule has 3 rings (SSSR count). The van der Waals surface area contributed by atoms with Gasteiger partial charge in [-0.1, -0.05) is 54.1 Å². The Morgan fingerprint density at radius 3 is 2.81 bits per heavy atom. The normalized spacial score (nSPS) is 10.5. The highest BCUT2D eigenvalue weighted by Gasteiger charge is 2.15. The topological polar surface area (TPSA) is 59.8 Å². The molecule has 0 atom stereocenters. The van der Waals surface area contributed by atoms with Crippen molar-refractivity contribution in [2.45, 2.75) is 24.5 Å². The molecule has 1 aromatic carbocycles. The van der Waals surface area contributed by atoms with E-state index in [0.717, 1.165) is 30.4 Å². The van der Waals surface area contributed by atoms with Crippen LogP contribution in [0.15, 0.2) is 53.0 Å². The highest BCUT2D eigenvalue weighted by atomic mass is 32.2. The molecule has 0 aliphatic heterocycles. The number of carbonyl (C=O) groups is 1. The number of aromatic nitrogens is 3. The van der Waals surface area contributed by atoms with Crippen LogP contribution in [0.2, 0.25) is 0 Å². The van der Waals surface area contributed by atoms with Crippen LogP contribution in [0.4, 0.5) is 0 Å². The highest BCUT2D eigenvalue weighted by molar-refractivity contribution is 7.99. The Morgan fingerprint density at radius 1 is 1.22 bits per heavy atom. The van der Waals surface area contributed by atoms with Gasteiger partial charge in [0.2, 0.25) is 5.91 Å². The molecule has 7 heteroatoms. The van der Waals surface area contributed by atoms with Gasteiger partial charge < -0.3 is 9.88 Å². The average molecular weight is 397 g/mol. The van der Waals surface area contributed by atoms with Crippen LogP contribution in [0.3, 0.4) is 0 Å². The molecule has 0 aliphatic rings. The van der Waals surface area contributed by atoms with E-state index in [9.17, 15) is 4.79 Å². The smallest absolute Gasteiger partial charge is 0.231 e. The first-order chi connectivity index (χ1) is 13.3. The number of thioether (sulfide) groups is 1. The van der Waals surface area contributed by atoms with Crippen LogP contribution >= 0.6 is 23.1 Å². The molecule has 1 amide bonds. The zero-order valence-corrected chi connectivity index (χ0v) is 16.4. The number of rotatable bonds is 9. The minimum atomic E-state index is -0.102. The number of hydrogen-bond acceptors (Lipinski definition) is 5. The van der Waals surface area contributed by atoms with E-state index in [1.54, 1.807) is 11.3 Å². The van der Waals surface area contributed by atoms with Crippen molar-refractivity contribution in [1.29, 1.82) is 0 Å². The summed E-state index contributed by atoms with van der Waals surface area (Å²) in [4.78, 5) is 13.1. The number of terminal acetylenes is 1. The fraction of sp³-hybridized carbons (Fsp3) is 0.250. The molecule has 0 radical (unpaired) electrons. The standard InChI is InChI=1S/C20H20N4OS2/c1-2-11-21-19(25)15-27-20-23-22-18(14-17-9-6-13-26-17)24(20)12-10-16-7-4-3-5-8-16/h1,3-9,13H,10-12,14-15H2,(H,21,25). The summed E-state index contributed by atoms with van der Waals surface area (Å²) in [5.41, 5.74) is 1.26. The molecule has 0 aliphatic carbocycles. The molecule has 2 heterocycles. The highest BCUT2D eigenvalue weighted by Crippen LogP contribution is 2.21. The second-order valence-corrected chi connectivity index (χ2v) is 7.79. The lowest BCUT2D eigenvalue weighted by atomic mass is 10.1. The molecule has 0 unspecified atom stereocenters. The number of benzene rings is 1. The third-order valence-electron chi connectivity index (χ3n) is 3.89. The molecule has 0 saturated heterocycles. The Balaban J connectivity index is 1.72. The average Bonchev–Trinajstić information content (AvgIpc) is 3.34. The molecule has 2 aromatic heterocycles. The Labute approximate surface area is 167 Å². The Bertz CT molecular complexity index is 898. The molecule has 0 fully saturated rings. The number of aryl methyl sites for hydroxylation is 1. The molecule has 138 valence electrons. The number of nitrogens with one attached hydrogen (secondary N) is 1. The lowest BCUT2D eigenvalue weighted by Gasteiger charge is -2.10. The molecule has 1 N–H and O–H groups in total. The predicted octanol–water partition coefficient (Wildman–Crippen LogP) is 3.01. The van der Waals surface area contributed by atoms with Crippen LogP contribution in [0.1, 0.15) is 16.3 Å². The maximum atomic E-state index is 11.8. The molecular formula is C20H20N4OS2. The number of hydrogen-bond donors (Lipinski definition) is 1. The van der Waals surface area contributed by atoms with Gasteiger partial charge in [-0.25, -0.2) is 0 Å². The summed E-state index contributed by atoms with van der Waals surface area (Å²) in [5.74, 6) is 3.49. The zero-order valence-electron chi connectivity index (χ0n) is 14.8. The van der Waals surface area contributed by atoms with Crippen LogP contribution in [-0.2, 0) is 24.2 Å². The summed E-state index contributed by atoms with van der Waals surface area (Å²) in [5, 5.41) is 14.2. The minimum absolute atomic E-state index is 0.102. The molecular weight excluding hydrogens is 376 g/mol. The van der Waals surface area contributed by atoms with Crippen molar-refractivity contribution >= 4 is 29.0 Å². The van der Waals surface area contributed by atoms with E-state index in [1.165, 1.54) is 22.2 Å². The van der Waals surface area contributed by atoms with Crippen molar-refractivity contribution in [3.05, 3.63) is 64.1 Å². The largest absolute Gasteiger partial charge is 0.344 e. The van der Waals surface area contributed by atoms with Gasteiger partial charge in [0.25, 0.3) is 0 Å². The maximum absolute atomic E-state index is 11.8. The number of nitrogens with zero attached hydrogens (tertiary/aromatic N) is 3. The lowest BCUT2D eigenvalue weighted by molar-refractivity contribution is -0.118. The molecule has 0 spiro atoms. The van der Waals surface area contributed by atoms with Gasteiger partial charge in [-0.15, -0.1) is 28.0 Å². The number of carbonyl (C=O) groups excluding carboxylic acids is 1. The zero-order chi connectivity index (χ0) is 18.9. The van der Waals surface area contributed by atoms with E-state index in [0.29, 0.717) is 0 Å². The van der Waals surface area contributed by atoms with Crippen molar-refractivity contribution in [2.24, 2.45) is 0 Å². The van der Waals surface area contributed by atoms with Gasteiger partial charge in [0, 0.05) is 17.8 Å². The second kappa shape index (κ2) is 9.95. The van der Waals surface area contributed by atoms with Gasteiger partial charge in [-0.3, -0.25) is 4.79 Å². The first-order valence-electron chi connectivity index (χ1n) is 8.57. The Kier molecular flexibility index (Phi) is 7.08. The Morgan fingerprint density at radius 2 is 2.07 bits per heavy atom. The summed E-state index contributed by atoms with van der Waals surface area (Å²) in [6.45, 7) is 1.01. The number of amides is 1. The van der Waals surface area contributed by atoms with E-state index in [-0.39, 0.29) is 18.2 Å². The van der Waals surface area contributed by atoms with Crippen LogP contribution in [0, 0.1) is 12.3 Å². The lowest BCUT2D eigenvalue weighted by Crippen LogP contribution is -2.25. The summed E-state index contributed by atoms with van der Waals surface area (Å²) < 4.78 is 2.12. The summed E-state index contributed by atoms with van der Waals surface area (Å²) in [7, 11) is 0. The van der Waals surface area contributed by atoms with Gasteiger partial charge in [-0.2, -0.15) is 0 Å². The molecule has 3 aromatic rings. The summed E-state index contributed by atoms with van der Waals surface area (Å²) >= 11 is 3.09. The second-order valence-electron chi connectivity index (χ2n) is 5.81. The third kappa shape index (κ3) is 5.71. The van der Waals surface area contributed by atoms with E-state index in [1.807, 2.05) is 24.3 Å². The summed E-state index contributed by atoms with van der Waals surface area (Å²) in [6, 6.07) is 14.5. The van der Waals surface area contributed by atoms with Crippen molar-refractivity contribution in [3.8, 4) is 12.3 Å². The van der Waals surface area contributed by atoms with Gasteiger partial charge >= 0.3 is 0 Å². The van der Waals surface area contributed by atoms with E-state index in [2.05, 4.69) is 49.6 Å². The fourth-order valence-corrected chi connectivity index (χ4v) is 4.08. The van der Waals surface area contributed by atoms with Crippen LogP contribution < -0.4 is 5.32 Å². The third-order valence-corrected chi connectivity index (χ3v) is 5.74. The summed E-state index contributed by atoms with van der Waals surface area (Å²) in [6.07, 6.45) is 6.80. The molecule has 27 heavy (non-hydrogen) atoms. The van der Waals surface area contributed by atoms with Gasteiger partial charge in [-0.05, 0) is 23.4 Å². The maximum Gasteiger partial charge on any atom is 0.231 e. The van der Waals surface area contributed by atoms with E-state index in [4.69, 9.17) is 6.42 Å². The predicted molar refractivity (Wildman–Crippen MR) is 110 cm³/mol. The van der Waals surface area contributed by atoms with Crippen molar-refractivity contribution in [1.82, 2.24) is 20.1 Å².